The zero-order chi connectivity index (χ0) is 7.52. The predicted molar refractivity (Wildman–Crippen MR) is 45.3 cm³/mol. The quantitative estimate of drug-likeness (QED) is 0.539. The molecule has 0 aromatic carbocycles. The summed E-state index contributed by atoms with van der Waals surface area (Å²) in [6, 6.07) is 0. The highest BCUT2D eigenvalue weighted by Gasteiger charge is 2.02. The number of rotatable bonds is 0. The third-order valence-electron chi connectivity index (χ3n) is 1.69. The predicted octanol–water partition coefficient (Wildman–Crippen LogP) is 1.38. The standard InChI is InChI=1S/C9H10N2/c1-2-4-8-9(5-3-1)11-7-6-10-8/h2-7,10-11H,1H2. The maximum absolute atomic E-state index is 3.16. The average molecular weight is 146 g/mol. The Bertz CT molecular complexity index is 243. The topological polar surface area (TPSA) is 24.1 Å². The fraction of sp³-hybridized carbons (Fsp3) is 0.111. The van der Waals surface area contributed by atoms with Gasteiger partial charge >= 0.3 is 0 Å². The zero-order valence-electron chi connectivity index (χ0n) is 6.17. The molecule has 1 aliphatic carbocycles. The van der Waals surface area contributed by atoms with E-state index in [0.717, 1.165) is 17.8 Å². The van der Waals surface area contributed by atoms with E-state index in [1.165, 1.54) is 0 Å². The van der Waals surface area contributed by atoms with Crippen molar-refractivity contribution in [3.05, 3.63) is 48.1 Å². The molecule has 56 valence electrons. The number of allylic oxidation sites excluding steroid dienone is 4. The van der Waals surface area contributed by atoms with Gasteiger partial charge in [-0.3, -0.25) is 0 Å². The number of hydrogen-bond donors (Lipinski definition) is 2. The summed E-state index contributed by atoms with van der Waals surface area (Å²) < 4.78 is 0. The molecular weight excluding hydrogens is 136 g/mol. The van der Waals surface area contributed by atoms with Gasteiger partial charge in [-0.2, -0.15) is 0 Å². The molecule has 0 bridgehead atoms. The van der Waals surface area contributed by atoms with Crippen LogP contribution in [0.25, 0.3) is 0 Å². The summed E-state index contributed by atoms with van der Waals surface area (Å²) in [4.78, 5) is 0. The molecule has 2 aliphatic rings. The molecule has 0 radical (unpaired) electrons. The molecule has 0 saturated carbocycles. The number of hydrogen-bond acceptors (Lipinski definition) is 2. The van der Waals surface area contributed by atoms with Crippen LogP contribution in [0.3, 0.4) is 0 Å². The van der Waals surface area contributed by atoms with E-state index in [1.54, 1.807) is 0 Å². The van der Waals surface area contributed by atoms with Crippen molar-refractivity contribution in [1.82, 2.24) is 10.6 Å². The highest BCUT2D eigenvalue weighted by atomic mass is 15.0. The maximum atomic E-state index is 3.16. The fourth-order valence-electron chi connectivity index (χ4n) is 1.14. The van der Waals surface area contributed by atoms with Crippen molar-refractivity contribution in [2.45, 2.75) is 6.42 Å². The summed E-state index contributed by atoms with van der Waals surface area (Å²) in [6.07, 6.45) is 13.2. The summed E-state index contributed by atoms with van der Waals surface area (Å²) in [5.41, 5.74) is 2.28. The Balaban J connectivity index is 2.33. The Labute approximate surface area is 66.0 Å². The van der Waals surface area contributed by atoms with Crippen LogP contribution in [0.15, 0.2) is 48.1 Å². The minimum atomic E-state index is 1.01. The Morgan fingerprint density at radius 1 is 0.909 bits per heavy atom. The third-order valence-corrected chi connectivity index (χ3v) is 1.69. The highest BCUT2D eigenvalue weighted by Crippen LogP contribution is 2.10. The molecule has 2 heteroatoms. The van der Waals surface area contributed by atoms with Crippen LogP contribution in [0.2, 0.25) is 0 Å². The van der Waals surface area contributed by atoms with Gasteiger partial charge in [0, 0.05) is 12.4 Å². The van der Waals surface area contributed by atoms with Gasteiger partial charge in [-0.15, -0.1) is 0 Å². The van der Waals surface area contributed by atoms with Gasteiger partial charge in [-0.1, -0.05) is 12.2 Å². The summed E-state index contributed by atoms with van der Waals surface area (Å²) in [5.74, 6) is 0. The van der Waals surface area contributed by atoms with Crippen LogP contribution in [0, 0.1) is 0 Å². The molecule has 2 rings (SSSR count). The van der Waals surface area contributed by atoms with Gasteiger partial charge in [0.05, 0.1) is 11.4 Å². The molecule has 2 N–H and O–H groups in total. The van der Waals surface area contributed by atoms with Gasteiger partial charge in [-0.25, -0.2) is 0 Å². The molecule has 0 aromatic heterocycles. The smallest absolute Gasteiger partial charge is 0.0616 e. The second-order valence-electron chi connectivity index (χ2n) is 2.49. The van der Waals surface area contributed by atoms with Crippen molar-refractivity contribution in [1.29, 1.82) is 0 Å². The van der Waals surface area contributed by atoms with E-state index in [1.807, 2.05) is 12.4 Å². The van der Waals surface area contributed by atoms with Crippen LogP contribution in [0.4, 0.5) is 0 Å². The Kier molecular flexibility index (Phi) is 1.52. The van der Waals surface area contributed by atoms with Crippen LogP contribution in [-0.2, 0) is 0 Å². The van der Waals surface area contributed by atoms with Crippen molar-refractivity contribution in [2.24, 2.45) is 0 Å². The first-order chi connectivity index (χ1) is 5.47. The second kappa shape index (κ2) is 2.66. The molecule has 0 aromatic rings. The lowest BCUT2D eigenvalue weighted by Gasteiger charge is -2.12. The summed E-state index contributed by atoms with van der Waals surface area (Å²) in [5, 5.41) is 6.32. The summed E-state index contributed by atoms with van der Waals surface area (Å²) in [7, 11) is 0. The van der Waals surface area contributed by atoms with Gasteiger partial charge in [0.25, 0.3) is 0 Å². The monoisotopic (exact) mass is 146 g/mol. The first kappa shape index (κ1) is 6.28. The molecule has 0 fully saturated rings. The molecule has 0 spiro atoms. The third kappa shape index (κ3) is 1.19. The SMILES string of the molecule is C1=CC2=C(C=CC1)NC=CN2. The van der Waals surface area contributed by atoms with Gasteiger partial charge < -0.3 is 10.6 Å². The summed E-state index contributed by atoms with van der Waals surface area (Å²) in [6.45, 7) is 0. The zero-order valence-corrected chi connectivity index (χ0v) is 6.17. The van der Waals surface area contributed by atoms with Gasteiger partial charge in [-0.05, 0) is 18.6 Å². The van der Waals surface area contributed by atoms with E-state index in [9.17, 15) is 0 Å². The van der Waals surface area contributed by atoms with E-state index in [2.05, 4.69) is 34.9 Å². The molecule has 0 unspecified atom stereocenters. The van der Waals surface area contributed by atoms with Crippen LogP contribution in [0.5, 0.6) is 0 Å². The van der Waals surface area contributed by atoms with Crippen LogP contribution < -0.4 is 10.6 Å². The van der Waals surface area contributed by atoms with E-state index in [-0.39, 0.29) is 0 Å². The first-order valence-electron chi connectivity index (χ1n) is 3.72. The molecule has 1 aliphatic heterocycles. The molecule has 0 saturated heterocycles. The van der Waals surface area contributed by atoms with Crippen LogP contribution in [0.1, 0.15) is 6.42 Å². The van der Waals surface area contributed by atoms with Gasteiger partial charge in [0.1, 0.15) is 0 Å². The Hall–Kier alpha value is -1.44. The Morgan fingerprint density at radius 2 is 1.45 bits per heavy atom. The summed E-state index contributed by atoms with van der Waals surface area (Å²) >= 11 is 0. The maximum Gasteiger partial charge on any atom is 0.0616 e. The van der Waals surface area contributed by atoms with E-state index in [4.69, 9.17) is 0 Å². The lowest BCUT2D eigenvalue weighted by atomic mass is 10.3. The molecular formula is C9H10N2. The lowest BCUT2D eigenvalue weighted by molar-refractivity contribution is 0.944. The van der Waals surface area contributed by atoms with E-state index >= 15 is 0 Å². The van der Waals surface area contributed by atoms with Crippen molar-refractivity contribution >= 4 is 0 Å². The number of nitrogens with one attached hydrogen (secondary N) is 2. The fourth-order valence-corrected chi connectivity index (χ4v) is 1.14. The van der Waals surface area contributed by atoms with E-state index < -0.39 is 0 Å². The second-order valence-corrected chi connectivity index (χ2v) is 2.49. The Morgan fingerprint density at radius 3 is 2.00 bits per heavy atom. The van der Waals surface area contributed by atoms with Crippen molar-refractivity contribution < 1.29 is 0 Å². The van der Waals surface area contributed by atoms with Crippen molar-refractivity contribution in [3.8, 4) is 0 Å². The van der Waals surface area contributed by atoms with E-state index in [0.29, 0.717) is 0 Å². The van der Waals surface area contributed by atoms with Gasteiger partial charge in [0.2, 0.25) is 0 Å². The average Bonchev–Trinajstić information content (AvgIpc) is 2.28. The highest BCUT2D eigenvalue weighted by molar-refractivity contribution is 5.37. The van der Waals surface area contributed by atoms with Crippen LogP contribution in [-0.4, -0.2) is 0 Å². The minimum Gasteiger partial charge on any atom is -0.359 e. The molecule has 1 heterocycles. The molecule has 2 nitrogen and oxygen atoms in total. The first-order valence-corrected chi connectivity index (χ1v) is 3.72. The van der Waals surface area contributed by atoms with Crippen LogP contribution >= 0.6 is 0 Å². The molecule has 0 amide bonds. The molecule has 0 atom stereocenters. The molecule has 11 heavy (non-hydrogen) atoms. The van der Waals surface area contributed by atoms with Crippen molar-refractivity contribution in [2.75, 3.05) is 0 Å². The normalized spacial score (nSPS) is 20.4. The van der Waals surface area contributed by atoms with Crippen molar-refractivity contribution in [3.63, 3.8) is 0 Å². The van der Waals surface area contributed by atoms with Gasteiger partial charge in [0.15, 0.2) is 0 Å². The largest absolute Gasteiger partial charge is 0.359 e. The minimum absolute atomic E-state index is 1.01. The lowest BCUT2D eigenvalue weighted by Crippen LogP contribution is -2.18.